The van der Waals surface area contributed by atoms with Crippen LogP contribution in [0.3, 0.4) is 0 Å². The maximum Gasteiger partial charge on any atom is 0.231 e. The molecule has 7 nitrogen and oxygen atoms in total. The predicted octanol–water partition coefficient (Wildman–Crippen LogP) is 2.31. The van der Waals surface area contributed by atoms with Crippen molar-refractivity contribution >= 4 is 35.8 Å². The lowest BCUT2D eigenvalue weighted by Gasteiger charge is -2.32. The number of primary amides is 1. The van der Waals surface area contributed by atoms with Crippen LogP contribution in [0.2, 0.25) is 0 Å². The molecule has 1 saturated heterocycles. The Kier molecular flexibility index (Phi) is 12.0. The van der Waals surface area contributed by atoms with Crippen LogP contribution in [0.4, 0.5) is 0 Å². The van der Waals surface area contributed by atoms with E-state index < -0.39 is 0 Å². The smallest absolute Gasteiger partial charge is 0.231 e. The van der Waals surface area contributed by atoms with Gasteiger partial charge in [-0.25, -0.2) is 4.99 Å². The van der Waals surface area contributed by atoms with Gasteiger partial charge in [0, 0.05) is 25.7 Å². The standard InChI is InChI=1S/C21H35N5O2.HI/c1-4-23-21(25-17-9-12-26(13-10-17)15-20(22)27)24-11-14-28-19-8-6-5-7-18(19)16(2)3;/h5-8,16-17H,4,9-15H2,1-3H3,(H2,22,27)(H2,23,24,25);1H. The number of nitrogens with two attached hydrogens (primary N) is 1. The van der Waals surface area contributed by atoms with E-state index in [2.05, 4.69) is 47.4 Å². The van der Waals surface area contributed by atoms with Crippen LogP contribution < -0.4 is 21.1 Å². The van der Waals surface area contributed by atoms with Crippen LogP contribution in [0.5, 0.6) is 5.75 Å². The molecular weight excluding hydrogens is 481 g/mol. The number of benzene rings is 1. The first-order valence-electron chi connectivity index (χ1n) is 10.3. The molecule has 4 N–H and O–H groups in total. The van der Waals surface area contributed by atoms with Crippen LogP contribution in [0, 0.1) is 0 Å². The maximum absolute atomic E-state index is 11.0. The van der Waals surface area contributed by atoms with Gasteiger partial charge in [0.15, 0.2) is 5.96 Å². The summed E-state index contributed by atoms with van der Waals surface area (Å²) in [5, 5.41) is 6.80. The number of carbonyl (C=O) groups is 1. The van der Waals surface area contributed by atoms with Gasteiger partial charge in [-0.1, -0.05) is 32.0 Å². The molecule has 1 fully saturated rings. The minimum atomic E-state index is -0.264. The largest absolute Gasteiger partial charge is 0.491 e. The Hall–Kier alpha value is -1.55. The first-order chi connectivity index (χ1) is 13.5. The summed E-state index contributed by atoms with van der Waals surface area (Å²) in [6.07, 6.45) is 1.94. The van der Waals surface area contributed by atoms with Crippen LogP contribution in [-0.4, -0.2) is 62.1 Å². The molecule has 8 heteroatoms. The highest BCUT2D eigenvalue weighted by atomic mass is 127. The maximum atomic E-state index is 11.0. The van der Waals surface area contributed by atoms with Gasteiger partial charge in [0.25, 0.3) is 0 Å². The summed E-state index contributed by atoms with van der Waals surface area (Å²) in [5.41, 5.74) is 6.50. The van der Waals surface area contributed by atoms with E-state index >= 15 is 0 Å². The molecule has 0 saturated carbocycles. The molecule has 0 unspecified atom stereocenters. The zero-order valence-corrected chi connectivity index (χ0v) is 20.1. The summed E-state index contributed by atoms with van der Waals surface area (Å²) in [7, 11) is 0. The monoisotopic (exact) mass is 517 g/mol. The zero-order chi connectivity index (χ0) is 20.4. The molecule has 0 atom stereocenters. The molecule has 1 aliphatic rings. The average molecular weight is 517 g/mol. The fraction of sp³-hybridized carbons (Fsp3) is 0.619. The van der Waals surface area contributed by atoms with E-state index in [9.17, 15) is 4.79 Å². The lowest BCUT2D eigenvalue weighted by atomic mass is 10.0. The second kappa shape index (κ2) is 13.6. The SMILES string of the molecule is CCNC(=NCCOc1ccccc1C(C)C)NC1CCN(CC(N)=O)CC1.I. The fourth-order valence-electron chi connectivity index (χ4n) is 3.37. The molecule has 1 aromatic carbocycles. The highest BCUT2D eigenvalue weighted by Crippen LogP contribution is 2.25. The highest BCUT2D eigenvalue weighted by molar-refractivity contribution is 14.0. The quantitative estimate of drug-likeness (QED) is 0.203. The minimum absolute atomic E-state index is 0. The molecule has 164 valence electrons. The Bertz CT molecular complexity index is 646. The van der Waals surface area contributed by atoms with Gasteiger partial charge in [-0.3, -0.25) is 9.69 Å². The molecule has 29 heavy (non-hydrogen) atoms. The van der Waals surface area contributed by atoms with Crippen molar-refractivity contribution < 1.29 is 9.53 Å². The van der Waals surface area contributed by atoms with Gasteiger partial charge in [0.1, 0.15) is 12.4 Å². The number of rotatable bonds is 9. The number of para-hydroxylation sites is 1. The van der Waals surface area contributed by atoms with Gasteiger partial charge < -0.3 is 21.1 Å². The Labute approximate surface area is 191 Å². The van der Waals surface area contributed by atoms with Crippen LogP contribution in [0.25, 0.3) is 0 Å². The van der Waals surface area contributed by atoms with Crippen LogP contribution >= 0.6 is 24.0 Å². The second-order valence-electron chi connectivity index (χ2n) is 7.46. The van der Waals surface area contributed by atoms with Gasteiger partial charge in [-0.05, 0) is 37.3 Å². The fourth-order valence-corrected chi connectivity index (χ4v) is 3.37. The second-order valence-corrected chi connectivity index (χ2v) is 7.46. The number of guanidine groups is 1. The first kappa shape index (κ1) is 25.5. The third kappa shape index (κ3) is 9.20. The molecule has 0 aromatic heterocycles. The number of likely N-dealkylation sites (tertiary alicyclic amines) is 1. The summed E-state index contributed by atoms with van der Waals surface area (Å²) < 4.78 is 5.95. The molecule has 1 heterocycles. The van der Waals surface area contributed by atoms with E-state index in [0.717, 1.165) is 44.2 Å². The van der Waals surface area contributed by atoms with Crippen LogP contribution in [-0.2, 0) is 4.79 Å². The number of hydrogen-bond donors (Lipinski definition) is 3. The first-order valence-corrected chi connectivity index (χ1v) is 10.3. The normalized spacial score (nSPS) is 15.7. The van der Waals surface area contributed by atoms with E-state index in [1.807, 2.05) is 18.2 Å². The summed E-state index contributed by atoms with van der Waals surface area (Å²) >= 11 is 0. The van der Waals surface area contributed by atoms with Crippen molar-refractivity contribution in [1.82, 2.24) is 15.5 Å². The Morgan fingerprint density at radius 2 is 2.00 bits per heavy atom. The van der Waals surface area contributed by atoms with E-state index in [4.69, 9.17) is 10.5 Å². The number of nitrogens with zero attached hydrogens (tertiary/aromatic N) is 2. The number of carbonyl (C=O) groups excluding carboxylic acids is 1. The third-order valence-electron chi connectivity index (χ3n) is 4.81. The van der Waals surface area contributed by atoms with Gasteiger partial charge in [-0.2, -0.15) is 0 Å². The number of halogens is 1. The van der Waals surface area contributed by atoms with Crippen molar-refractivity contribution in [3.8, 4) is 5.75 Å². The van der Waals surface area contributed by atoms with E-state index in [1.54, 1.807) is 0 Å². The summed E-state index contributed by atoms with van der Waals surface area (Å²) in [6, 6.07) is 8.52. The predicted molar refractivity (Wildman–Crippen MR) is 129 cm³/mol. The average Bonchev–Trinajstić information content (AvgIpc) is 2.66. The third-order valence-corrected chi connectivity index (χ3v) is 4.81. The highest BCUT2D eigenvalue weighted by Gasteiger charge is 2.20. The van der Waals surface area contributed by atoms with Gasteiger partial charge in [0.2, 0.25) is 5.91 Å². The van der Waals surface area contributed by atoms with Crippen molar-refractivity contribution in [1.29, 1.82) is 0 Å². The number of piperidine rings is 1. The minimum Gasteiger partial charge on any atom is -0.491 e. The van der Waals surface area contributed by atoms with Crippen molar-refractivity contribution in [2.24, 2.45) is 10.7 Å². The Balaban J connectivity index is 0.00000420. The van der Waals surface area contributed by atoms with E-state index in [1.165, 1.54) is 5.56 Å². The molecule has 1 aromatic rings. The summed E-state index contributed by atoms with van der Waals surface area (Å²) in [6.45, 7) is 10.4. The van der Waals surface area contributed by atoms with Crippen LogP contribution in [0.15, 0.2) is 29.3 Å². The van der Waals surface area contributed by atoms with Gasteiger partial charge >= 0.3 is 0 Å². The molecule has 0 bridgehead atoms. The van der Waals surface area contributed by atoms with Crippen molar-refractivity contribution in [2.45, 2.75) is 45.6 Å². The van der Waals surface area contributed by atoms with Gasteiger partial charge in [-0.15, -0.1) is 24.0 Å². The van der Waals surface area contributed by atoms with E-state index in [0.29, 0.717) is 31.7 Å². The number of aliphatic imine (C=N–C) groups is 1. The molecule has 2 rings (SSSR count). The molecule has 1 aliphatic heterocycles. The molecule has 0 aliphatic carbocycles. The number of hydrogen-bond acceptors (Lipinski definition) is 4. The molecular formula is C21H36IN5O2. The van der Waals surface area contributed by atoms with E-state index in [-0.39, 0.29) is 29.9 Å². The van der Waals surface area contributed by atoms with Crippen molar-refractivity contribution in [3.05, 3.63) is 29.8 Å². The number of nitrogens with one attached hydrogen (secondary N) is 2. The van der Waals surface area contributed by atoms with Crippen molar-refractivity contribution in [3.63, 3.8) is 0 Å². The number of amides is 1. The lowest BCUT2D eigenvalue weighted by Crippen LogP contribution is -2.49. The summed E-state index contributed by atoms with van der Waals surface area (Å²) in [4.78, 5) is 17.8. The summed E-state index contributed by atoms with van der Waals surface area (Å²) in [5.74, 6) is 1.92. The van der Waals surface area contributed by atoms with Crippen LogP contribution in [0.1, 0.15) is 45.1 Å². The molecule has 1 amide bonds. The van der Waals surface area contributed by atoms with Crippen molar-refractivity contribution in [2.75, 3.05) is 39.3 Å². The molecule has 0 radical (unpaired) electrons. The molecule has 0 spiro atoms. The number of ether oxygens (including phenoxy) is 1. The topological polar surface area (TPSA) is 92.0 Å². The Morgan fingerprint density at radius 3 is 2.62 bits per heavy atom. The lowest BCUT2D eigenvalue weighted by molar-refractivity contribution is -0.119. The Morgan fingerprint density at radius 1 is 1.31 bits per heavy atom. The van der Waals surface area contributed by atoms with Gasteiger partial charge in [0.05, 0.1) is 13.1 Å². The zero-order valence-electron chi connectivity index (χ0n) is 17.8.